The van der Waals surface area contributed by atoms with Crippen molar-refractivity contribution in [1.29, 1.82) is 0 Å². The Morgan fingerprint density at radius 3 is 2.11 bits per heavy atom. The molecule has 0 aromatic rings. The van der Waals surface area contributed by atoms with Crippen LogP contribution in [0.4, 0.5) is 0 Å². The molecule has 0 spiro atoms. The van der Waals surface area contributed by atoms with Crippen molar-refractivity contribution < 1.29 is 10.5 Å². The zero-order chi connectivity index (χ0) is 7.49. The summed E-state index contributed by atoms with van der Waals surface area (Å²) in [5.74, 6) is 0.00231. The molecule has 0 aliphatic heterocycles. The van der Waals surface area contributed by atoms with Crippen molar-refractivity contribution >= 4 is 5.91 Å². The van der Waals surface area contributed by atoms with Crippen LogP contribution in [0, 0.1) is 0 Å². The van der Waals surface area contributed by atoms with E-state index in [1.165, 1.54) is 0 Å². The SMILES string of the molecule is CC(C)(C)NC(=O)C[NH3+]. The minimum absolute atomic E-state index is 0.00231. The first kappa shape index (κ1) is 8.43. The van der Waals surface area contributed by atoms with Gasteiger partial charge in [-0.05, 0) is 20.8 Å². The molecule has 0 rings (SSSR count). The minimum Gasteiger partial charge on any atom is -0.350 e. The molecule has 9 heavy (non-hydrogen) atoms. The highest BCUT2D eigenvalue weighted by molar-refractivity contribution is 5.77. The molecule has 0 saturated heterocycles. The quantitative estimate of drug-likeness (QED) is 0.478. The van der Waals surface area contributed by atoms with Crippen molar-refractivity contribution in [3.63, 3.8) is 0 Å². The van der Waals surface area contributed by atoms with Gasteiger partial charge in [0.05, 0.1) is 0 Å². The van der Waals surface area contributed by atoms with Gasteiger partial charge in [-0.1, -0.05) is 0 Å². The van der Waals surface area contributed by atoms with Crippen LogP contribution in [0.5, 0.6) is 0 Å². The number of nitrogens with one attached hydrogen (secondary N) is 1. The smallest absolute Gasteiger partial charge is 0.275 e. The molecule has 3 heteroatoms. The second kappa shape index (κ2) is 2.82. The van der Waals surface area contributed by atoms with Gasteiger partial charge in [0.25, 0.3) is 5.91 Å². The number of amides is 1. The fourth-order valence-corrected chi connectivity index (χ4v) is 0.481. The topological polar surface area (TPSA) is 56.7 Å². The molecule has 3 nitrogen and oxygen atoms in total. The van der Waals surface area contributed by atoms with Gasteiger partial charge >= 0.3 is 0 Å². The lowest BCUT2D eigenvalue weighted by Gasteiger charge is -2.18. The molecule has 0 aromatic carbocycles. The average Bonchev–Trinajstić information content (AvgIpc) is 1.62. The Morgan fingerprint density at radius 2 is 2.00 bits per heavy atom. The van der Waals surface area contributed by atoms with Crippen molar-refractivity contribution in [2.75, 3.05) is 6.54 Å². The molecule has 0 heterocycles. The van der Waals surface area contributed by atoms with Crippen LogP contribution in [0.15, 0.2) is 0 Å². The molecule has 0 aliphatic rings. The second-order valence-corrected chi connectivity index (χ2v) is 3.05. The van der Waals surface area contributed by atoms with E-state index in [4.69, 9.17) is 0 Å². The molecule has 54 valence electrons. The third-order valence-corrected chi connectivity index (χ3v) is 0.741. The minimum atomic E-state index is -0.116. The maximum atomic E-state index is 10.7. The molecule has 0 atom stereocenters. The van der Waals surface area contributed by atoms with Gasteiger partial charge in [-0.2, -0.15) is 0 Å². The summed E-state index contributed by atoms with van der Waals surface area (Å²) >= 11 is 0. The van der Waals surface area contributed by atoms with Crippen LogP contribution in [-0.2, 0) is 4.79 Å². The number of rotatable bonds is 1. The number of carbonyl (C=O) groups is 1. The Kier molecular flexibility index (Phi) is 2.65. The second-order valence-electron chi connectivity index (χ2n) is 3.05. The zero-order valence-corrected chi connectivity index (χ0v) is 6.32. The van der Waals surface area contributed by atoms with Crippen molar-refractivity contribution in [2.45, 2.75) is 26.3 Å². The Labute approximate surface area is 55.6 Å². The van der Waals surface area contributed by atoms with Crippen molar-refractivity contribution in [2.24, 2.45) is 0 Å². The van der Waals surface area contributed by atoms with E-state index in [0.717, 1.165) is 0 Å². The molecule has 0 unspecified atom stereocenters. The Bertz CT molecular complexity index is 104. The van der Waals surface area contributed by atoms with E-state index in [1.807, 2.05) is 20.8 Å². The lowest BCUT2D eigenvalue weighted by Crippen LogP contribution is -2.59. The molecule has 0 saturated carbocycles. The van der Waals surface area contributed by atoms with Gasteiger partial charge in [0.1, 0.15) is 0 Å². The van der Waals surface area contributed by atoms with E-state index in [1.54, 1.807) is 0 Å². The first-order valence-electron chi connectivity index (χ1n) is 3.06. The lowest BCUT2D eigenvalue weighted by atomic mass is 10.1. The standard InChI is InChI=1S/C6H14N2O/c1-6(2,3)8-5(9)4-7/h4,7H2,1-3H3,(H,8,9)/p+1. The van der Waals surface area contributed by atoms with Gasteiger partial charge in [-0.3, -0.25) is 4.79 Å². The molecule has 0 radical (unpaired) electrons. The maximum absolute atomic E-state index is 10.7. The van der Waals surface area contributed by atoms with Crippen LogP contribution in [0.2, 0.25) is 0 Å². The summed E-state index contributed by atoms with van der Waals surface area (Å²) in [6.45, 7) is 6.15. The van der Waals surface area contributed by atoms with E-state index in [0.29, 0.717) is 6.54 Å². The molecule has 0 fully saturated rings. The van der Waals surface area contributed by atoms with E-state index in [2.05, 4.69) is 11.1 Å². The summed E-state index contributed by atoms with van der Waals surface area (Å²) in [5.41, 5.74) is 3.34. The number of carbonyl (C=O) groups excluding carboxylic acids is 1. The fraction of sp³-hybridized carbons (Fsp3) is 0.833. The molecular formula is C6H15N2O+. The predicted octanol–water partition coefficient (Wildman–Crippen LogP) is -0.857. The van der Waals surface area contributed by atoms with Crippen molar-refractivity contribution in [3.8, 4) is 0 Å². The highest BCUT2D eigenvalue weighted by Crippen LogP contribution is 1.96. The summed E-state index contributed by atoms with van der Waals surface area (Å²) in [4.78, 5) is 10.7. The van der Waals surface area contributed by atoms with E-state index >= 15 is 0 Å². The van der Waals surface area contributed by atoms with Gasteiger partial charge in [0.2, 0.25) is 0 Å². The Balaban J connectivity index is 3.60. The van der Waals surface area contributed by atoms with E-state index < -0.39 is 0 Å². The summed E-state index contributed by atoms with van der Waals surface area (Å²) in [6.07, 6.45) is 0. The summed E-state index contributed by atoms with van der Waals surface area (Å²) in [5, 5.41) is 2.77. The van der Waals surface area contributed by atoms with Gasteiger partial charge < -0.3 is 11.1 Å². The average molecular weight is 131 g/mol. The molecular weight excluding hydrogens is 116 g/mol. The predicted molar refractivity (Wildman–Crippen MR) is 35.7 cm³/mol. The third kappa shape index (κ3) is 5.30. The van der Waals surface area contributed by atoms with Crippen molar-refractivity contribution in [1.82, 2.24) is 5.32 Å². The van der Waals surface area contributed by atoms with Crippen LogP contribution in [0.1, 0.15) is 20.8 Å². The van der Waals surface area contributed by atoms with Crippen LogP contribution in [-0.4, -0.2) is 18.0 Å². The lowest BCUT2D eigenvalue weighted by molar-refractivity contribution is -0.355. The molecule has 1 amide bonds. The Hall–Kier alpha value is -0.570. The monoisotopic (exact) mass is 131 g/mol. The summed E-state index contributed by atoms with van der Waals surface area (Å²) in [6, 6.07) is 0. The number of quaternary nitrogens is 1. The first-order valence-corrected chi connectivity index (χ1v) is 3.06. The molecule has 0 aromatic heterocycles. The molecule has 4 N–H and O–H groups in total. The molecule has 0 aliphatic carbocycles. The van der Waals surface area contributed by atoms with Crippen LogP contribution in [0.3, 0.4) is 0 Å². The van der Waals surface area contributed by atoms with Gasteiger partial charge in [0.15, 0.2) is 6.54 Å². The van der Waals surface area contributed by atoms with Crippen LogP contribution in [0.25, 0.3) is 0 Å². The fourth-order valence-electron chi connectivity index (χ4n) is 0.481. The maximum Gasteiger partial charge on any atom is 0.275 e. The number of hydrogen-bond donors (Lipinski definition) is 2. The first-order chi connectivity index (χ1) is 3.95. The highest BCUT2D eigenvalue weighted by Gasteiger charge is 2.12. The van der Waals surface area contributed by atoms with Crippen LogP contribution < -0.4 is 11.1 Å². The summed E-state index contributed by atoms with van der Waals surface area (Å²) in [7, 11) is 0. The van der Waals surface area contributed by atoms with Crippen molar-refractivity contribution in [3.05, 3.63) is 0 Å². The largest absolute Gasteiger partial charge is 0.350 e. The van der Waals surface area contributed by atoms with Gasteiger partial charge in [0, 0.05) is 5.54 Å². The van der Waals surface area contributed by atoms with E-state index in [9.17, 15) is 4.79 Å². The van der Waals surface area contributed by atoms with Gasteiger partial charge in [-0.25, -0.2) is 0 Å². The summed E-state index contributed by atoms with van der Waals surface area (Å²) < 4.78 is 0. The van der Waals surface area contributed by atoms with Crippen LogP contribution >= 0.6 is 0 Å². The highest BCUT2D eigenvalue weighted by atomic mass is 16.1. The normalized spacial score (nSPS) is 11.1. The van der Waals surface area contributed by atoms with E-state index in [-0.39, 0.29) is 11.4 Å². The zero-order valence-electron chi connectivity index (χ0n) is 6.32. The molecule has 0 bridgehead atoms. The Morgan fingerprint density at radius 1 is 1.56 bits per heavy atom. The number of hydrogen-bond acceptors (Lipinski definition) is 1. The third-order valence-electron chi connectivity index (χ3n) is 0.741. The van der Waals surface area contributed by atoms with Gasteiger partial charge in [-0.15, -0.1) is 0 Å².